The molecule has 0 N–H and O–H groups in total. The van der Waals surface area contributed by atoms with Crippen LogP contribution in [0, 0.1) is 0 Å². The van der Waals surface area contributed by atoms with Gasteiger partial charge >= 0.3 is 6.18 Å². The SMILES string of the molecule is CC(C)c1cc(C(F)(F)F)c2c([C@@H]3CCCN(C(=O)[C@@H](C)n4cncn4)C3)noc2n1. The molecule has 0 bridgehead atoms. The third-order valence-electron chi connectivity index (χ3n) is 5.70. The van der Waals surface area contributed by atoms with Gasteiger partial charge in [-0.1, -0.05) is 19.0 Å². The Balaban J connectivity index is 1.68. The monoisotopic (exact) mass is 436 g/mol. The summed E-state index contributed by atoms with van der Waals surface area (Å²) >= 11 is 0. The van der Waals surface area contributed by atoms with Gasteiger partial charge in [-0.3, -0.25) is 4.79 Å². The molecule has 0 aliphatic carbocycles. The molecule has 1 saturated heterocycles. The first-order chi connectivity index (χ1) is 14.7. The zero-order chi connectivity index (χ0) is 22.3. The van der Waals surface area contributed by atoms with Gasteiger partial charge in [-0.25, -0.2) is 14.6 Å². The van der Waals surface area contributed by atoms with Crippen LogP contribution in [0.4, 0.5) is 13.2 Å². The van der Waals surface area contributed by atoms with Gasteiger partial charge in [0.1, 0.15) is 18.7 Å². The van der Waals surface area contributed by atoms with Crippen molar-refractivity contribution in [3.63, 3.8) is 0 Å². The lowest BCUT2D eigenvalue weighted by atomic mass is 9.91. The Morgan fingerprint density at radius 2 is 2.06 bits per heavy atom. The highest BCUT2D eigenvalue weighted by molar-refractivity contribution is 5.83. The Labute approximate surface area is 176 Å². The summed E-state index contributed by atoms with van der Waals surface area (Å²) < 4.78 is 48.3. The highest BCUT2D eigenvalue weighted by atomic mass is 19.4. The van der Waals surface area contributed by atoms with Crippen LogP contribution in [0.25, 0.3) is 11.1 Å². The average Bonchev–Trinajstić information content (AvgIpc) is 3.41. The zero-order valence-electron chi connectivity index (χ0n) is 17.4. The van der Waals surface area contributed by atoms with Crippen molar-refractivity contribution in [1.82, 2.24) is 29.8 Å². The molecular weight excluding hydrogens is 413 g/mol. The average molecular weight is 436 g/mol. The third-order valence-corrected chi connectivity index (χ3v) is 5.70. The number of fused-ring (bicyclic) bond motifs is 1. The smallest absolute Gasteiger partial charge is 0.340 e. The number of likely N-dealkylation sites (tertiary alicyclic amines) is 1. The molecule has 0 unspecified atom stereocenters. The minimum absolute atomic E-state index is 0.111. The molecule has 1 fully saturated rings. The first-order valence-electron chi connectivity index (χ1n) is 10.2. The van der Waals surface area contributed by atoms with Crippen molar-refractivity contribution in [3.8, 4) is 0 Å². The Morgan fingerprint density at radius 3 is 2.71 bits per heavy atom. The first kappa shape index (κ1) is 21.3. The number of rotatable bonds is 4. The molecule has 0 saturated carbocycles. The second kappa shape index (κ2) is 7.93. The van der Waals surface area contributed by atoms with Crippen LogP contribution in [0.5, 0.6) is 0 Å². The minimum atomic E-state index is -4.57. The first-order valence-corrected chi connectivity index (χ1v) is 10.2. The van der Waals surface area contributed by atoms with Crippen molar-refractivity contribution in [2.45, 2.75) is 57.7 Å². The van der Waals surface area contributed by atoms with Gasteiger partial charge in [0.05, 0.1) is 16.6 Å². The predicted octanol–water partition coefficient (Wildman–Crippen LogP) is 3.92. The maximum atomic E-state index is 13.9. The number of pyridine rings is 1. The summed E-state index contributed by atoms with van der Waals surface area (Å²) in [4.78, 5) is 22.7. The second-order valence-electron chi connectivity index (χ2n) is 8.17. The maximum Gasteiger partial charge on any atom is 0.417 e. The molecule has 3 aromatic heterocycles. The molecule has 11 heteroatoms. The highest BCUT2D eigenvalue weighted by Gasteiger charge is 2.39. The number of hydrogen-bond acceptors (Lipinski definition) is 6. The highest BCUT2D eigenvalue weighted by Crippen LogP contribution is 2.40. The van der Waals surface area contributed by atoms with E-state index in [1.165, 1.54) is 17.3 Å². The number of halogens is 3. The number of piperidine rings is 1. The van der Waals surface area contributed by atoms with Gasteiger partial charge < -0.3 is 9.42 Å². The summed E-state index contributed by atoms with van der Waals surface area (Å²) in [7, 11) is 0. The number of carbonyl (C=O) groups is 1. The lowest BCUT2D eigenvalue weighted by Crippen LogP contribution is -2.42. The number of alkyl halides is 3. The summed E-state index contributed by atoms with van der Waals surface area (Å²) in [6.45, 7) is 6.03. The largest absolute Gasteiger partial charge is 0.417 e. The van der Waals surface area contributed by atoms with Gasteiger partial charge in [0, 0.05) is 24.7 Å². The van der Waals surface area contributed by atoms with Gasteiger partial charge in [0.2, 0.25) is 5.91 Å². The fourth-order valence-corrected chi connectivity index (χ4v) is 3.99. The van der Waals surface area contributed by atoms with Crippen LogP contribution in [0.15, 0.2) is 23.2 Å². The number of hydrogen-bond donors (Lipinski definition) is 0. The molecule has 2 atom stereocenters. The quantitative estimate of drug-likeness (QED) is 0.616. The molecule has 166 valence electrons. The van der Waals surface area contributed by atoms with E-state index in [1.807, 2.05) is 0 Å². The van der Waals surface area contributed by atoms with Gasteiger partial charge in [-0.15, -0.1) is 0 Å². The lowest BCUT2D eigenvalue weighted by molar-refractivity contribution is -0.137. The standard InChI is InChI=1S/C20H23F3N6O2/c1-11(2)15-7-14(20(21,22)23)16-17(27-31-18(16)26-15)13-5-4-6-28(8-13)19(30)12(3)29-10-24-9-25-29/h7,9-13H,4-6,8H2,1-3H3/t12-,13-/m1/s1. The number of amides is 1. The van der Waals surface area contributed by atoms with Gasteiger partial charge in [0.15, 0.2) is 0 Å². The summed E-state index contributed by atoms with van der Waals surface area (Å²) in [5, 5.41) is 7.87. The van der Waals surface area contributed by atoms with E-state index < -0.39 is 17.8 Å². The van der Waals surface area contributed by atoms with Crippen LogP contribution in [-0.2, 0) is 11.0 Å². The summed E-state index contributed by atoms with van der Waals surface area (Å²) in [5.41, 5.74) is -0.412. The predicted molar refractivity (Wildman–Crippen MR) is 104 cm³/mol. The molecule has 3 aromatic rings. The van der Waals surface area contributed by atoms with E-state index in [-0.39, 0.29) is 41.1 Å². The zero-order valence-corrected chi connectivity index (χ0v) is 17.4. The topological polar surface area (TPSA) is 89.9 Å². The van der Waals surface area contributed by atoms with Crippen LogP contribution in [0.2, 0.25) is 0 Å². The second-order valence-corrected chi connectivity index (χ2v) is 8.17. The van der Waals surface area contributed by atoms with E-state index >= 15 is 0 Å². The van der Waals surface area contributed by atoms with E-state index in [2.05, 4.69) is 20.2 Å². The Morgan fingerprint density at radius 1 is 1.29 bits per heavy atom. The molecule has 8 nitrogen and oxygen atoms in total. The molecule has 4 rings (SSSR count). The molecule has 0 aromatic carbocycles. The van der Waals surface area contributed by atoms with Crippen LogP contribution in [0.1, 0.15) is 68.4 Å². The van der Waals surface area contributed by atoms with Crippen LogP contribution in [0.3, 0.4) is 0 Å². The number of carbonyl (C=O) groups excluding carboxylic acids is 1. The summed E-state index contributed by atoms with van der Waals surface area (Å²) in [6.07, 6.45) is -0.513. The lowest BCUT2D eigenvalue weighted by Gasteiger charge is -2.33. The van der Waals surface area contributed by atoms with Crippen molar-refractivity contribution < 1.29 is 22.5 Å². The van der Waals surface area contributed by atoms with Gasteiger partial charge in [-0.05, 0) is 31.7 Å². The maximum absolute atomic E-state index is 13.9. The van der Waals surface area contributed by atoms with E-state index in [1.54, 1.807) is 25.7 Å². The van der Waals surface area contributed by atoms with Crippen molar-refractivity contribution in [2.24, 2.45) is 0 Å². The number of aromatic nitrogens is 5. The molecule has 0 radical (unpaired) electrons. The number of nitrogens with zero attached hydrogens (tertiary/aromatic N) is 6. The molecule has 1 aliphatic heterocycles. The molecule has 0 spiro atoms. The fourth-order valence-electron chi connectivity index (χ4n) is 3.99. The van der Waals surface area contributed by atoms with Crippen LogP contribution >= 0.6 is 0 Å². The minimum Gasteiger partial charge on any atom is -0.340 e. The molecule has 4 heterocycles. The Hall–Kier alpha value is -2.98. The Bertz CT molecular complexity index is 1080. The molecule has 1 amide bonds. The fraction of sp³-hybridized carbons (Fsp3) is 0.550. The van der Waals surface area contributed by atoms with E-state index in [4.69, 9.17) is 4.52 Å². The van der Waals surface area contributed by atoms with Gasteiger partial charge in [0.25, 0.3) is 5.71 Å². The van der Waals surface area contributed by atoms with E-state index in [0.717, 1.165) is 6.07 Å². The summed E-state index contributed by atoms with van der Waals surface area (Å²) in [6, 6.07) is 0.517. The Kier molecular flexibility index (Phi) is 5.44. The molecule has 1 aliphatic rings. The van der Waals surface area contributed by atoms with Crippen molar-refractivity contribution in [3.05, 3.63) is 35.7 Å². The van der Waals surface area contributed by atoms with E-state index in [0.29, 0.717) is 25.1 Å². The molecular formula is C20H23F3N6O2. The summed E-state index contributed by atoms with van der Waals surface area (Å²) in [5.74, 6) is -0.742. The van der Waals surface area contributed by atoms with Crippen molar-refractivity contribution in [2.75, 3.05) is 13.1 Å². The van der Waals surface area contributed by atoms with Crippen molar-refractivity contribution in [1.29, 1.82) is 0 Å². The van der Waals surface area contributed by atoms with E-state index in [9.17, 15) is 18.0 Å². The van der Waals surface area contributed by atoms with Crippen LogP contribution in [-0.4, -0.2) is 48.8 Å². The molecule has 31 heavy (non-hydrogen) atoms. The third kappa shape index (κ3) is 4.00. The van der Waals surface area contributed by atoms with Crippen LogP contribution < -0.4 is 0 Å². The van der Waals surface area contributed by atoms with Crippen molar-refractivity contribution >= 4 is 17.0 Å². The normalized spacial score (nSPS) is 18.7. The van der Waals surface area contributed by atoms with Gasteiger partial charge in [-0.2, -0.15) is 18.3 Å².